The van der Waals surface area contributed by atoms with Crippen LogP contribution in [0.25, 0.3) is 0 Å². The Morgan fingerprint density at radius 1 is 1.03 bits per heavy atom. The second-order valence-corrected chi connectivity index (χ2v) is 8.67. The summed E-state index contributed by atoms with van der Waals surface area (Å²) in [6.45, 7) is 2.16. The fourth-order valence-corrected chi connectivity index (χ4v) is 4.71. The first kappa shape index (κ1) is 22.5. The molecule has 5 atom stereocenters. The molecule has 0 aromatic heterocycles. The van der Waals surface area contributed by atoms with Crippen LogP contribution < -0.4 is 4.74 Å². The molecule has 31 heavy (non-hydrogen) atoms. The summed E-state index contributed by atoms with van der Waals surface area (Å²) in [5.74, 6) is 0.561. The minimum Gasteiger partial charge on any atom is -0.493 e. The summed E-state index contributed by atoms with van der Waals surface area (Å²) in [6.07, 6.45) is -3.03. The number of hydrogen-bond acceptors (Lipinski definition) is 6. The highest BCUT2D eigenvalue weighted by Gasteiger charge is 2.45. The molecule has 168 valence electrons. The Balaban J connectivity index is 1.75. The zero-order valence-electron chi connectivity index (χ0n) is 17.5. The molecule has 0 radical (unpaired) electrons. The van der Waals surface area contributed by atoms with Crippen LogP contribution >= 0.6 is 11.6 Å². The van der Waals surface area contributed by atoms with Crippen LogP contribution in [-0.2, 0) is 24.0 Å². The van der Waals surface area contributed by atoms with Gasteiger partial charge in [0.25, 0.3) is 0 Å². The molecule has 0 bridgehead atoms. The molecular weight excluding hydrogens is 420 g/mol. The molecule has 6 nitrogen and oxygen atoms in total. The lowest BCUT2D eigenvalue weighted by Gasteiger charge is -2.41. The van der Waals surface area contributed by atoms with E-state index in [0.717, 1.165) is 36.0 Å². The van der Waals surface area contributed by atoms with Gasteiger partial charge in [-0.05, 0) is 48.4 Å². The van der Waals surface area contributed by atoms with E-state index in [2.05, 4.69) is 31.2 Å². The van der Waals surface area contributed by atoms with Crippen molar-refractivity contribution in [3.05, 3.63) is 63.2 Å². The number of aryl methyl sites for hydroxylation is 1. The average molecular weight is 449 g/mol. The van der Waals surface area contributed by atoms with Crippen LogP contribution in [0.15, 0.2) is 30.3 Å². The third kappa shape index (κ3) is 4.33. The van der Waals surface area contributed by atoms with E-state index < -0.39 is 37.1 Å². The predicted molar refractivity (Wildman–Crippen MR) is 117 cm³/mol. The molecular formula is C24H29ClO6. The molecule has 2 aromatic carbocycles. The fraction of sp³-hybridized carbons (Fsp3) is 0.500. The average Bonchev–Trinajstić information content (AvgIpc) is 2.80. The first-order valence-corrected chi connectivity index (χ1v) is 11.2. The monoisotopic (exact) mass is 448 g/mol. The van der Waals surface area contributed by atoms with Crippen LogP contribution in [0.1, 0.15) is 47.3 Å². The number of aliphatic hydroxyl groups excluding tert-OH is 4. The third-order valence-electron chi connectivity index (χ3n) is 6.25. The predicted octanol–water partition coefficient (Wildman–Crippen LogP) is 2.33. The van der Waals surface area contributed by atoms with Gasteiger partial charge in [-0.25, -0.2) is 0 Å². The van der Waals surface area contributed by atoms with Gasteiger partial charge in [0.15, 0.2) is 0 Å². The van der Waals surface area contributed by atoms with E-state index in [-0.39, 0.29) is 0 Å². The quantitative estimate of drug-likeness (QED) is 0.560. The molecule has 2 aliphatic rings. The van der Waals surface area contributed by atoms with Crippen molar-refractivity contribution in [3.63, 3.8) is 0 Å². The van der Waals surface area contributed by atoms with Gasteiger partial charge in [0.05, 0.1) is 18.2 Å². The standard InChI is InChI=1S/C24H29ClO6/c1-2-13-5-7-14(8-6-13)10-15-11-17(23-16(19(15)25)4-3-9-30-23)24-22(29)21(28)20(27)18(12-26)31-24/h5-8,11,18,20-22,24,26-29H,2-4,9-10,12H2,1H3. The molecule has 1 fully saturated rings. The number of halogens is 1. The summed E-state index contributed by atoms with van der Waals surface area (Å²) < 4.78 is 11.7. The van der Waals surface area contributed by atoms with Gasteiger partial charge in [0, 0.05) is 11.1 Å². The molecule has 5 unspecified atom stereocenters. The van der Waals surface area contributed by atoms with E-state index in [9.17, 15) is 20.4 Å². The lowest BCUT2D eigenvalue weighted by atomic mass is 9.87. The van der Waals surface area contributed by atoms with Crippen LogP contribution in [0.2, 0.25) is 5.02 Å². The lowest BCUT2D eigenvalue weighted by molar-refractivity contribution is -0.232. The van der Waals surface area contributed by atoms with E-state index in [1.54, 1.807) is 0 Å². The van der Waals surface area contributed by atoms with E-state index in [4.69, 9.17) is 21.1 Å². The number of hydrogen-bond donors (Lipinski definition) is 4. The van der Waals surface area contributed by atoms with Crippen LogP contribution in [0.4, 0.5) is 0 Å². The maximum Gasteiger partial charge on any atom is 0.129 e. The Bertz CT molecular complexity index is 913. The van der Waals surface area contributed by atoms with Gasteiger partial charge in [-0.15, -0.1) is 0 Å². The van der Waals surface area contributed by atoms with Crippen molar-refractivity contribution in [1.29, 1.82) is 0 Å². The topological polar surface area (TPSA) is 99.4 Å². The van der Waals surface area contributed by atoms with Crippen molar-refractivity contribution in [1.82, 2.24) is 0 Å². The van der Waals surface area contributed by atoms with Crippen LogP contribution in [-0.4, -0.2) is 58.1 Å². The minimum absolute atomic E-state index is 0.477. The maximum atomic E-state index is 10.7. The summed E-state index contributed by atoms with van der Waals surface area (Å²) in [5, 5.41) is 41.3. The second-order valence-electron chi connectivity index (χ2n) is 8.29. The van der Waals surface area contributed by atoms with Crippen molar-refractivity contribution in [3.8, 4) is 5.75 Å². The second kappa shape index (κ2) is 9.45. The van der Waals surface area contributed by atoms with Crippen molar-refractivity contribution < 1.29 is 29.9 Å². The molecule has 1 saturated heterocycles. The molecule has 2 aromatic rings. The Kier molecular flexibility index (Phi) is 6.86. The first-order valence-electron chi connectivity index (χ1n) is 10.8. The highest BCUT2D eigenvalue weighted by atomic mass is 35.5. The largest absolute Gasteiger partial charge is 0.493 e. The van der Waals surface area contributed by atoms with Crippen LogP contribution in [0.3, 0.4) is 0 Å². The van der Waals surface area contributed by atoms with Crippen molar-refractivity contribution in [2.75, 3.05) is 13.2 Å². The van der Waals surface area contributed by atoms with Gasteiger partial charge >= 0.3 is 0 Å². The van der Waals surface area contributed by atoms with E-state index in [1.165, 1.54) is 5.56 Å². The molecule has 0 aliphatic carbocycles. The van der Waals surface area contributed by atoms with Crippen LogP contribution in [0, 0.1) is 0 Å². The molecule has 2 heterocycles. The smallest absolute Gasteiger partial charge is 0.129 e. The first-order chi connectivity index (χ1) is 14.9. The Morgan fingerprint density at radius 3 is 2.42 bits per heavy atom. The van der Waals surface area contributed by atoms with Gasteiger partial charge in [0.2, 0.25) is 0 Å². The number of rotatable bonds is 5. The van der Waals surface area contributed by atoms with Gasteiger partial charge in [-0.3, -0.25) is 0 Å². The van der Waals surface area contributed by atoms with E-state index in [1.807, 2.05) is 6.07 Å². The molecule has 0 spiro atoms. The van der Waals surface area contributed by atoms with Gasteiger partial charge in [-0.1, -0.05) is 42.8 Å². The minimum atomic E-state index is -1.45. The molecule has 7 heteroatoms. The number of benzene rings is 2. The highest BCUT2D eigenvalue weighted by molar-refractivity contribution is 6.32. The van der Waals surface area contributed by atoms with Crippen molar-refractivity contribution in [2.45, 2.75) is 63.1 Å². The van der Waals surface area contributed by atoms with Gasteiger partial charge in [-0.2, -0.15) is 0 Å². The summed E-state index contributed by atoms with van der Waals surface area (Å²) >= 11 is 6.78. The lowest BCUT2D eigenvalue weighted by Crippen LogP contribution is -2.55. The Labute approximate surface area is 187 Å². The normalized spacial score (nSPS) is 28.1. The zero-order chi connectivity index (χ0) is 22.1. The summed E-state index contributed by atoms with van der Waals surface area (Å²) in [5.41, 5.74) is 4.69. The van der Waals surface area contributed by atoms with Crippen LogP contribution in [0.5, 0.6) is 5.75 Å². The highest BCUT2D eigenvalue weighted by Crippen LogP contribution is 2.44. The molecule has 2 aliphatic heterocycles. The molecule has 0 saturated carbocycles. The SMILES string of the molecule is CCc1ccc(Cc2cc(C3OC(CO)C(O)C(O)C3O)c3c(c2Cl)CCCO3)cc1. The number of aliphatic hydroxyl groups is 4. The fourth-order valence-electron chi connectivity index (χ4n) is 4.41. The Morgan fingerprint density at radius 2 is 1.74 bits per heavy atom. The Hall–Kier alpha value is -1.67. The van der Waals surface area contributed by atoms with Crippen molar-refractivity contribution >= 4 is 11.6 Å². The third-order valence-corrected chi connectivity index (χ3v) is 6.73. The molecule has 4 rings (SSSR count). The zero-order valence-corrected chi connectivity index (χ0v) is 18.3. The van der Waals surface area contributed by atoms with Crippen molar-refractivity contribution in [2.24, 2.45) is 0 Å². The van der Waals surface area contributed by atoms with E-state index >= 15 is 0 Å². The van der Waals surface area contributed by atoms with Gasteiger partial charge < -0.3 is 29.9 Å². The molecule has 0 amide bonds. The van der Waals surface area contributed by atoms with E-state index in [0.29, 0.717) is 29.4 Å². The number of ether oxygens (including phenoxy) is 2. The number of fused-ring (bicyclic) bond motifs is 1. The molecule has 4 N–H and O–H groups in total. The maximum absolute atomic E-state index is 10.7. The summed E-state index contributed by atoms with van der Waals surface area (Å²) in [4.78, 5) is 0. The summed E-state index contributed by atoms with van der Waals surface area (Å²) in [7, 11) is 0. The summed E-state index contributed by atoms with van der Waals surface area (Å²) in [6, 6.07) is 10.2. The van der Waals surface area contributed by atoms with Gasteiger partial charge in [0.1, 0.15) is 36.3 Å².